The zero-order chi connectivity index (χ0) is 22.5. The van der Waals surface area contributed by atoms with Crippen LogP contribution in [0.5, 0.6) is 5.88 Å². The molecule has 0 spiro atoms. The molecule has 9 heteroatoms. The molecule has 3 heterocycles. The number of morpholine rings is 1. The lowest BCUT2D eigenvalue weighted by Gasteiger charge is -2.26. The number of hydrogen-bond donors (Lipinski definition) is 1. The van der Waals surface area contributed by atoms with Gasteiger partial charge in [-0.25, -0.2) is 14.6 Å². The third kappa shape index (κ3) is 4.95. The average Bonchev–Trinajstić information content (AvgIpc) is 2.81. The first-order valence-corrected chi connectivity index (χ1v) is 10.8. The molecule has 1 fully saturated rings. The summed E-state index contributed by atoms with van der Waals surface area (Å²) in [6.07, 6.45) is 0. The molecular weight excluding hydrogens is 408 g/mol. The van der Waals surface area contributed by atoms with E-state index in [1.54, 1.807) is 6.07 Å². The molecule has 0 aliphatic carbocycles. The zero-order valence-corrected chi connectivity index (χ0v) is 18.4. The van der Waals surface area contributed by atoms with Gasteiger partial charge in [-0.1, -0.05) is 30.3 Å². The predicted octanol–water partition coefficient (Wildman–Crippen LogP) is 2.24. The summed E-state index contributed by atoms with van der Waals surface area (Å²) in [4.78, 5) is 23.8. The summed E-state index contributed by atoms with van der Waals surface area (Å²) in [5, 5.41) is 4.54. The number of aromatic nitrogens is 4. The molecule has 0 bridgehead atoms. The standard InChI is InChI=1S/C23H28N6O3/c1-16(2)29-19(30)9-8-18(27-29)21-20(17-6-4-3-5-7-17)25-22(24)23(26-21)32-15-12-28-10-13-31-14-11-28/h3-9,16H,10-15H2,1-2H3,(H2,24,25). The monoisotopic (exact) mass is 436 g/mol. The Morgan fingerprint density at radius 3 is 2.53 bits per heavy atom. The summed E-state index contributed by atoms with van der Waals surface area (Å²) in [5.41, 5.74) is 8.53. The minimum atomic E-state index is -0.171. The maximum absolute atomic E-state index is 12.2. The number of anilines is 1. The second-order valence-corrected chi connectivity index (χ2v) is 7.87. The third-order valence-corrected chi connectivity index (χ3v) is 5.24. The lowest BCUT2D eigenvalue weighted by atomic mass is 10.1. The molecular formula is C23H28N6O3. The molecule has 0 radical (unpaired) electrons. The van der Waals surface area contributed by atoms with E-state index in [1.165, 1.54) is 10.7 Å². The molecule has 1 aliphatic heterocycles. The maximum Gasteiger partial charge on any atom is 0.267 e. The van der Waals surface area contributed by atoms with Crippen LogP contribution >= 0.6 is 0 Å². The summed E-state index contributed by atoms with van der Waals surface area (Å²) >= 11 is 0. The molecule has 2 aromatic heterocycles. The summed E-state index contributed by atoms with van der Waals surface area (Å²) < 4.78 is 12.7. The first kappa shape index (κ1) is 21.9. The number of rotatable bonds is 7. The van der Waals surface area contributed by atoms with Gasteiger partial charge >= 0.3 is 0 Å². The molecule has 0 unspecified atom stereocenters. The van der Waals surface area contributed by atoms with Crippen LogP contribution in [0.4, 0.5) is 5.82 Å². The second kappa shape index (κ2) is 9.88. The highest BCUT2D eigenvalue weighted by molar-refractivity contribution is 5.77. The molecule has 2 N–H and O–H groups in total. The van der Waals surface area contributed by atoms with Crippen molar-refractivity contribution < 1.29 is 9.47 Å². The van der Waals surface area contributed by atoms with E-state index in [4.69, 9.17) is 20.2 Å². The van der Waals surface area contributed by atoms with Crippen LogP contribution in [-0.2, 0) is 4.74 Å². The summed E-state index contributed by atoms with van der Waals surface area (Å²) in [7, 11) is 0. The molecule has 0 atom stereocenters. The fourth-order valence-electron chi connectivity index (χ4n) is 3.53. The van der Waals surface area contributed by atoms with Gasteiger partial charge < -0.3 is 15.2 Å². The van der Waals surface area contributed by atoms with Crippen molar-refractivity contribution in [3.05, 3.63) is 52.8 Å². The molecule has 1 saturated heterocycles. The van der Waals surface area contributed by atoms with E-state index in [9.17, 15) is 4.79 Å². The Morgan fingerprint density at radius 2 is 1.81 bits per heavy atom. The van der Waals surface area contributed by atoms with Gasteiger partial charge in [0.2, 0.25) is 0 Å². The van der Waals surface area contributed by atoms with Crippen molar-refractivity contribution in [3.63, 3.8) is 0 Å². The number of hydrogen-bond acceptors (Lipinski definition) is 8. The van der Waals surface area contributed by atoms with Gasteiger partial charge in [-0.05, 0) is 19.9 Å². The van der Waals surface area contributed by atoms with Crippen molar-refractivity contribution in [3.8, 4) is 28.5 Å². The fourth-order valence-corrected chi connectivity index (χ4v) is 3.53. The van der Waals surface area contributed by atoms with Gasteiger partial charge in [0.15, 0.2) is 5.82 Å². The summed E-state index contributed by atoms with van der Waals surface area (Å²) in [5.74, 6) is 0.476. The van der Waals surface area contributed by atoms with Crippen LogP contribution in [0.15, 0.2) is 47.3 Å². The Balaban J connectivity index is 1.69. The lowest BCUT2D eigenvalue weighted by molar-refractivity contribution is 0.0320. The molecule has 1 aliphatic rings. The van der Waals surface area contributed by atoms with Crippen LogP contribution in [0.3, 0.4) is 0 Å². The van der Waals surface area contributed by atoms with Crippen LogP contribution < -0.4 is 16.0 Å². The zero-order valence-electron chi connectivity index (χ0n) is 18.4. The Kier molecular flexibility index (Phi) is 6.77. The van der Waals surface area contributed by atoms with Crippen molar-refractivity contribution >= 4 is 5.82 Å². The van der Waals surface area contributed by atoms with Crippen LogP contribution in [-0.4, -0.2) is 64.1 Å². The SMILES string of the molecule is CC(C)n1nc(-c2nc(OCCN3CCOCC3)c(N)nc2-c2ccccc2)ccc1=O. The number of nitrogens with zero attached hydrogens (tertiary/aromatic N) is 5. The topological polar surface area (TPSA) is 108 Å². The number of nitrogen functional groups attached to an aromatic ring is 1. The molecule has 0 amide bonds. The Morgan fingerprint density at radius 1 is 1.06 bits per heavy atom. The van der Waals surface area contributed by atoms with E-state index in [-0.39, 0.29) is 23.3 Å². The molecule has 32 heavy (non-hydrogen) atoms. The molecule has 168 valence electrons. The van der Waals surface area contributed by atoms with Gasteiger partial charge in [-0.3, -0.25) is 9.69 Å². The molecule has 4 rings (SSSR count). The first-order valence-electron chi connectivity index (χ1n) is 10.8. The number of ether oxygens (including phenoxy) is 2. The van der Waals surface area contributed by atoms with E-state index >= 15 is 0 Å². The van der Waals surface area contributed by atoms with Crippen molar-refractivity contribution in [2.45, 2.75) is 19.9 Å². The molecule has 3 aromatic rings. The highest BCUT2D eigenvalue weighted by Crippen LogP contribution is 2.32. The van der Waals surface area contributed by atoms with E-state index in [2.05, 4.69) is 15.0 Å². The summed E-state index contributed by atoms with van der Waals surface area (Å²) in [6.45, 7) is 8.21. The van der Waals surface area contributed by atoms with Gasteiger partial charge in [0.05, 0.1) is 19.3 Å². The smallest absolute Gasteiger partial charge is 0.267 e. The van der Waals surface area contributed by atoms with E-state index in [0.717, 1.165) is 38.4 Å². The van der Waals surface area contributed by atoms with Crippen molar-refractivity contribution in [2.75, 3.05) is 45.2 Å². The van der Waals surface area contributed by atoms with Crippen LogP contribution in [0.1, 0.15) is 19.9 Å². The average molecular weight is 437 g/mol. The van der Waals surface area contributed by atoms with Gasteiger partial charge in [-0.15, -0.1) is 0 Å². The highest BCUT2D eigenvalue weighted by Gasteiger charge is 2.19. The van der Waals surface area contributed by atoms with Crippen LogP contribution in [0, 0.1) is 0 Å². The quantitative estimate of drug-likeness (QED) is 0.601. The Bertz CT molecular complexity index is 1110. The van der Waals surface area contributed by atoms with E-state index < -0.39 is 0 Å². The van der Waals surface area contributed by atoms with E-state index in [1.807, 2.05) is 44.2 Å². The highest BCUT2D eigenvalue weighted by atomic mass is 16.5. The molecule has 0 saturated carbocycles. The number of benzene rings is 1. The lowest BCUT2D eigenvalue weighted by Crippen LogP contribution is -2.38. The third-order valence-electron chi connectivity index (χ3n) is 5.24. The minimum absolute atomic E-state index is 0.0893. The van der Waals surface area contributed by atoms with Crippen molar-refractivity contribution in [1.29, 1.82) is 0 Å². The van der Waals surface area contributed by atoms with Crippen LogP contribution in [0.2, 0.25) is 0 Å². The summed E-state index contributed by atoms with van der Waals surface area (Å²) in [6, 6.07) is 12.7. The van der Waals surface area contributed by atoms with Gasteiger partial charge in [0.1, 0.15) is 23.7 Å². The Labute approximate surface area is 186 Å². The van der Waals surface area contributed by atoms with Crippen molar-refractivity contribution in [2.24, 2.45) is 0 Å². The van der Waals surface area contributed by atoms with Crippen LogP contribution in [0.25, 0.3) is 22.6 Å². The normalized spacial score (nSPS) is 14.6. The second-order valence-electron chi connectivity index (χ2n) is 7.87. The minimum Gasteiger partial charge on any atom is -0.474 e. The largest absolute Gasteiger partial charge is 0.474 e. The predicted molar refractivity (Wildman–Crippen MR) is 123 cm³/mol. The first-order chi connectivity index (χ1) is 15.5. The van der Waals surface area contributed by atoms with Crippen molar-refractivity contribution in [1.82, 2.24) is 24.6 Å². The fraction of sp³-hybridized carbons (Fsp3) is 0.391. The number of nitrogens with two attached hydrogens (primary N) is 1. The van der Waals surface area contributed by atoms with Gasteiger partial charge in [0, 0.05) is 31.3 Å². The van der Waals surface area contributed by atoms with Gasteiger partial charge in [0.25, 0.3) is 11.4 Å². The Hall–Kier alpha value is -3.30. The molecule has 1 aromatic carbocycles. The van der Waals surface area contributed by atoms with E-state index in [0.29, 0.717) is 23.7 Å². The van der Waals surface area contributed by atoms with Gasteiger partial charge in [-0.2, -0.15) is 5.10 Å². The molecule has 9 nitrogen and oxygen atoms in total. The maximum atomic E-state index is 12.2.